The van der Waals surface area contributed by atoms with Crippen molar-refractivity contribution >= 4 is 52.4 Å². The van der Waals surface area contributed by atoms with Crippen molar-refractivity contribution in [3.05, 3.63) is 88.1 Å². The lowest BCUT2D eigenvalue weighted by Crippen LogP contribution is -2.30. The molecule has 1 aromatic heterocycles. The molecule has 0 unspecified atom stereocenters. The van der Waals surface area contributed by atoms with E-state index in [4.69, 9.17) is 0 Å². The molecule has 0 radical (unpaired) electrons. The van der Waals surface area contributed by atoms with Crippen LogP contribution in [0.25, 0.3) is 10.1 Å². The molecule has 0 aliphatic carbocycles. The Morgan fingerprint density at radius 3 is 2.30 bits per heavy atom. The molecule has 0 amide bonds. The molecular formula is C22H14BrF4NO3S2. The maximum absolute atomic E-state index is 13.8. The molecular weight excluding hydrogens is 546 g/mol. The van der Waals surface area contributed by atoms with Gasteiger partial charge in [0.1, 0.15) is 16.6 Å². The first-order valence-electron chi connectivity index (χ1n) is 9.33. The molecule has 0 saturated heterocycles. The van der Waals surface area contributed by atoms with Gasteiger partial charge in [-0.3, -0.25) is 4.31 Å². The number of phenols is 1. The zero-order valence-electron chi connectivity index (χ0n) is 16.5. The molecule has 33 heavy (non-hydrogen) atoms. The van der Waals surface area contributed by atoms with Crippen LogP contribution in [-0.4, -0.2) is 13.5 Å². The number of thiophene rings is 1. The second-order valence-electron chi connectivity index (χ2n) is 7.03. The molecule has 1 heterocycles. The lowest BCUT2D eigenvalue weighted by molar-refractivity contribution is -0.140. The molecule has 0 atom stereocenters. The van der Waals surface area contributed by atoms with Gasteiger partial charge in [-0.25, -0.2) is 12.8 Å². The van der Waals surface area contributed by atoms with Gasteiger partial charge in [-0.1, -0.05) is 24.3 Å². The summed E-state index contributed by atoms with van der Waals surface area (Å²) in [6, 6.07) is 14.3. The number of alkyl halides is 3. The lowest BCUT2D eigenvalue weighted by Gasteiger charge is -2.24. The van der Waals surface area contributed by atoms with E-state index in [1.54, 1.807) is 24.3 Å². The number of aromatic hydroxyl groups is 1. The fourth-order valence-corrected chi connectivity index (χ4v) is 7.05. The number of phenolic OH excluding ortho intramolecular Hbond substituents is 1. The van der Waals surface area contributed by atoms with E-state index in [9.17, 15) is 31.1 Å². The molecule has 4 nitrogen and oxygen atoms in total. The number of nitrogens with zero attached hydrogens (tertiary/aromatic N) is 1. The van der Waals surface area contributed by atoms with Crippen LogP contribution in [0.2, 0.25) is 0 Å². The van der Waals surface area contributed by atoms with Crippen LogP contribution in [0.3, 0.4) is 0 Å². The number of fused-ring (bicyclic) bond motifs is 1. The third kappa shape index (κ3) is 4.57. The Labute approximate surface area is 198 Å². The summed E-state index contributed by atoms with van der Waals surface area (Å²) in [5.41, 5.74) is -1.52. The monoisotopic (exact) mass is 559 g/mol. The van der Waals surface area contributed by atoms with E-state index in [0.717, 1.165) is 31.8 Å². The number of benzene rings is 3. The Kier molecular flexibility index (Phi) is 6.14. The van der Waals surface area contributed by atoms with Gasteiger partial charge in [0.2, 0.25) is 0 Å². The van der Waals surface area contributed by atoms with Crippen molar-refractivity contribution in [1.82, 2.24) is 0 Å². The van der Waals surface area contributed by atoms with Crippen LogP contribution in [-0.2, 0) is 22.7 Å². The molecule has 0 spiro atoms. The minimum absolute atomic E-state index is 0.0459. The third-order valence-corrected chi connectivity index (χ3v) is 8.97. The first-order valence-corrected chi connectivity index (χ1v) is 12.4. The Morgan fingerprint density at radius 1 is 1.00 bits per heavy atom. The smallest absolute Gasteiger partial charge is 0.419 e. The molecule has 3 aromatic carbocycles. The maximum atomic E-state index is 13.8. The van der Waals surface area contributed by atoms with Gasteiger partial charge in [-0.05, 0) is 64.0 Å². The van der Waals surface area contributed by atoms with E-state index in [-0.39, 0.29) is 21.2 Å². The third-order valence-electron chi connectivity index (χ3n) is 4.83. The van der Waals surface area contributed by atoms with E-state index in [0.29, 0.717) is 16.6 Å². The molecule has 11 heteroatoms. The average Bonchev–Trinajstić information content (AvgIpc) is 3.09. The zero-order valence-corrected chi connectivity index (χ0v) is 19.7. The first kappa shape index (κ1) is 23.5. The van der Waals surface area contributed by atoms with E-state index in [1.165, 1.54) is 24.3 Å². The Hall–Kier alpha value is -2.63. The topological polar surface area (TPSA) is 57.6 Å². The first-order chi connectivity index (χ1) is 15.5. The molecule has 4 aromatic rings. The van der Waals surface area contributed by atoms with Crippen LogP contribution >= 0.6 is 27.3 Å². The number of rotatable bonds is 5. The fraction of sp³-hybridized carbons (Fsp3) is 0.0909. The summed E-state index contributed by atoms with van der Waals surface area (Å²) in [4.78, 5) is -0.164. The number of anilines is 1. The largest absolute Gasteiger partial charge is 0.508 e. The number of halogens is 5. The summed E-state index contributed by atoms with van der Waals surface area (Å²) in [5, 5.41) is 10.5. The van der Waals surface area contributed by atoms with Crippen molar-refractivity contribution in [2.45, 2.75) is 17.6 Å². The van der Waals surface area contributed by atoms with Gasteiger partial charge in [0.25, 0.3) is 10.0 Å². The van der Waals surface area contributed by atoms with Crippen molar-refractivity contribution in [1.29, 1.82) is 0 Å². The molecule has 0 aliphatic heterocycles. The molecule has 0 fully saturated rings. The highest BCUT2D eigenvalue weighted by Crippen LogP contribution is 2.44. The minimum atomic E-state index is -4.93. The lowest BCUT2D eigenvalue weighted by atomic mass is 10.1. The second kappa shape index (κ2) is 8.62. The van der Waals surface area contributed by atoms with Crippen molar-refractivity contribution < 1.29 is 31.1 Å². The zero-order chi connectivity index (χ0) is 24.0. The van der Waals surface area contributed by atoms with Crippen molar-refractivity contribution in [2.24, 2.45) is 0 Å². The van der Waals surface area contributed by atoms with Gasteiger partial charge < -0.3 is 5.11 Å². The Balaban J connectivity index is 1.88. The summed E-state index contributed by atoms with van der Waals surface area (Å²) >= 11 is 4.57. The van der Waals surface area contributed by atoms with E-state index < -0.39 is 34.1 Å². The van der Waals surface area contributed by atoms with Crippen molar-refractivity contribution in [2.75, 3.05) is 4.31 Å². The standard InChI is InChI=1S/C22H14BrF4NO3S2/c23-20-16-3-1-2-4-19(16)32-21(20)28(33(30,31)15-8-6-14(29)7-9-15)12-13-5-10-18(24)17(11-13)22(25,26)27/h1-11,29H,12H2. The predicted molar refractivity (Wildman–Crippen MR) is 122 cm³/mol. The summed E-state index contributed by atoms with van der Waals surface area (Å²) in [5.74, 6) is -1.58. The maximum Gasteiger partial charge on any atom is 0.419 e. The predicted octanol–water partition coefficient (Wildman–Crippen LogP) is 6.92. The van der Waals surface area contributed by atoms with Gasteiger partial charge in [-0.2, -0.15) is 13.2 Å². The van der Waals surface area contributed by atoms with E-state index in [2.05, 4.69) is 15.9 Å². The summed E-state index contributed by atoms with van der Waals surface area (Å²) in [6.45, 7) is -0.474. The fourth-order valence-electron chi connectivity index (χ4n) is 3.23. The number of sulfonamides is 1. The van der Waals surface area contributed by atoms with Crippen LogP contribution in [0.1, 0.15) is 11.1 Å². The normalized spacial score (nSPS) is 12.3. The highest BCUT2D eigenvalue weighted by Gasteiger charge is 2.35. The quantitative estimate of drug-likeness (QED) is 0.270. The van der Waals surface area contributed by atoms with E-state index >= 15 is 0 Å². The van der Waals surface area contributed by atoms with Crippen LogP contribution in [0, 0.1) is 5.82 Å². The molecule has 0 saturated carbocycles. The minimum Gasteiger partial charge on any atom is -0.508 e. The highest BCUT2D eigenvalue weighted by molar-refractivity contribution is 9.10. The van der Waals surface area contributed by atoms with Gasteiger partial charge in [0.05, 0.1) is 21.5 Å². The molecule has 0 bridgehead atoms. The van der Waals surface area contributed by atoms with Gasteiger partial charge in [0.15, 0.2) is 0 Å². The average molecular weight is 560 g/mol. The second-order valence-corrected chi connectivity index (χ2v) is 10.7. The van der Waals surface area contributed by atoms with Gasteiger partial charge in [-0.15, -0.1) is 11.3 Å². The summed E-state index contributed by atoms with van der Waals surface area (Å²) in [7, 11) is -4.27. The SMILES string of the molecule is O=S(=O)(c1ccc(O)cc1)N(Cc1ccc(F)c(C(F)(F)F)c1)c1sc2ccccc2c1Br. The number of hydrogen-bond donors (Lipinski definition) is 1. The summed E-state index contributed by atoms with van der Waals surface area (Å²) in [6.07, 6.45) is -4.93. The van der Waals surface area contributed by atoms with Crippen LogP contribution < -0.4 is 4.31 Å². The van der Waals surface area contributed by atoms with Crippen LogP contribution in [0.15, 0.2) is 76.1 Å². The molecule has 172 valence electrons. The van der Waals surface area contributed by atoms with Crippen LogP contribution in [0.5, 0.6) is 5.75 Å². The van der Waals surface area contributed by atoms with Crippen LogP contribution in [0.4, 0.5) is 22.6 Å². The number of hydrogen-bond acceptors (Lipinski definition) is 4. The summed E-state index contributed by atoms with van der Waals surface area (Å²) < 4.78 is 82.8. The molecule has 0 aliphatic rings. The molecule has 1 N–H and O–H groups in total. The van der Waals surface area contributed by atoms with Crippen molar-refractivity contribution in [3.8, 4) is 5.75 Å². The Morgan fingerprint density at radius 2 is 1.67 bits per heavy atom. The van der Waals surface area contributed by atoms with Gasteiger partial charge in [0, 0.05) is 10.1 Å². The Bertz CT molecular complexity index is 1430. The van der Waals surface area contributed by atoms with E-state index in [1.807, 2.05) is 0 Å². The van der Waals surface area contributed by atoms with Crippen molar-refractivity contribution in [3.63, 3.8) is 0 Å². The highest BCUT2D eigenvalue weighted by atomic mass is 79.9. The molecule has 4 rings (SSSR count). The van der Waals surface area contributed by atoms with Gasteiger partial charge >= 0.3 is 6.18 Å².